The molecule has 1 aliphatic heterocycles. The summed E-state index contributed by atoms with van der Waals surface area (Å²) in [4.78, 5) is 4.11. The molecule has 0 radical (unpaired) electrons. The number of fused-ring (bicyclic) bond motifs is 1. The number of pyridine rings is 1. The first-order valence-electron chi connectivity index (χ1n) is 3.23. The van der Waals surface area contributed by atoms with Gasteiger partial charge in [0.2, 0.25) is 0 Å². The predicted octanol–water partition coefficient (Wildman–Crippen LogP) is 0.786. The zero-order valence-corrected chi connectivity index (χ0v) is 5.49. The smallest absolute Gasteiger partial charge is 0.0668 e. The molecule has 0 fully saturated rings. The molecule has 1 aromatic rings. The zero-order chi connectivity index (χ0) is 6.97. The molecule has 1 aromatic heterocycles. The first-order chi connectivity index (χ1) is 4.86. The van der Waals surface area contributed by atoms with E-state index in [1.54, 1.807) is 6.20 Å². The molecule has 3 nitrogen and oxygen atoms in total. The van der Waals surface area contributed by atoms with Gasteiger partial charge >= 0.3 is 0 Å². The Labute approximate surface area is 58.9 Å². The highest BCUT2D eigenvalue weighted by Gasteiger charge is 2.16. The van der Waals surface area contributed by atoms with Crippen molar-refractivity contribution in [3.05, 3.63) is 29.6 Å². The van der Waals surface area contributed by atoms with Crippen LogP contribution in [0.15, 0.2) is 18.3 Å². The largest absolute Gasteiger partial charge is 0.313 e. The van der Waals surface area contributed by atoms with Gasteiger partial charge in [0.15, 0.2) is 0 Å². The van der Waals surface area contributed by atoms with Crippen LogP contribution in [0.25, 0.3) is 0 Å². The first kappa shape index (κ1) is 5.82. The van der Waals surface area contributed by atoms with Crippen molar-refractivity contribution in [1.29, 1.82) is 0 Å². The quantitative estimate of drug-likeness (QED) is 0.572. The van der Waals surface area contributed by atoms with Crippen LogP contribution in [0.1, 0.15) is 11.3 Å². The van der Waals surface area contributed by atoms with Crippen molar-refractivity contribution in [1.82, 2.24) is 10.0 Å². The molecule has 0 unspecified atom stereocenters. The fourth-order valence-corrected chi connectivity index (χ4v) is 1.18. The van der Waals surface area contributed by atoms with Crippen LogP contribution >= 0.6 is 0 Å². The molecule has 0 aromatic carbocycles. The van der Waals surface area contributed by atoms with Gasteiger partial charge in [-0.3, -0.25) is 4.98 Å². The summed E-state index contributed by atoms with van der Waals surface area (Å²) >= 11 is 0. The second kappa shape index (κ2) is 2.04. The van der Waals surface area contributed by atoms with Gasteiger partial charge in [0, 0.05) is 6.20 Å². The minimum atomic E-state index is 0.566. The molecular weight excluding hydrogens is 128 g/mol. The second-order valence-corrected chi connectivity index (χ2v) is 2.43. The monoisotopic (exact) mass is 136 g/mol. The van der Waals surface area contributed by atoms with Crippen LogP contribution in [-0.2, 0) is 13.1 Å². The van der Waals surface area contributed by atoms with Gasteiger partial charge in [0.05, 0.1) is 18.8 Å². The summed E-state index contributed by atoms with van der Waals surface area (Å²) in [6, 6.07) is 3.87. The number of hydrogen-bond acceptors (Lipinski definition) is 3. The highest BCUT2D eigenvalue weighted by atomic mass is 16.5. The van der Waals surface area contributed by atoms with Gasteiger partial charge < -0.3 is 5.21 Å². The summed E-state index contributed by atoms with van der Waals surface area (Å²) in [5, 5.41) is 10.3. The Kier molecular flexibility index (Phi) is 1.19. The summed E-state index contributed by atoms with van der Waals surface area (Å²) in [6.45, 7) is 1.18. The van der Waals surface area contributed by atoms with E-state index in [1.807, 2.05) is 12.1 Å². The minimum Gasteiger partial charge on any atom is -0.313 e. The number of rotatable bonds is 0. The SMILES string of the molecule is ON1Cc2cccnc2C1. The van der Waals surface area contributed by atoms with Crippen molar-refractivity contribution >= 4 is 0 Å². The van der Waals surface area contributed by atoms with Crippen molar-refractivity contribution < 1.29 is 5.21 Å². The van der Waals surface area contributed by atoms with E-state index in [2.05, 4.69) is 4.98 Å². The van der Waals surface area contributed by atoms with Crippen LogP contribution in [0.4, 0.5) is 0 Å². The van der Waals surface area contributed by atoms with Crippen LogP contribution in [0.3, 0.4) is 0 Å². The summed E-state index contributed by atoms with van der Waals surface area (Å²) in [6.07, 6.45) is 1.75. The van der Waals surface area contributed by atoms with Gasteiger partial charge in [0.25, 0.3) is 0 Å². The Balaban J connectivity index is 2.42. The first-order valence-corrected chi connectivity index (χ1v) is 3.23. The Hall–Kier alpha value is -0.930. The number of hydroxylamine groups is 2. The fourth-order valence-electron chi connectivity index (χ4n) is 1.18. The van der Waals surface area contributed by atoms with Crippen molar-refractivity contribution in [2.45, 2.75) is 13.1 Å². The molecule has 10 heavy (non-hydrogen) atoms. The van der Waals surface area contributed by atoms with E-state index in [1.165, 1.54) is 5.06 Å². The Bertz CT molecular complexity index is 224. The Morgan fingerprint density at radius 2 is 2.40 bits per heavy atom. The highest BCUT2D eigenvalue weighted by Crippen LogP contribution is 2.17. The third kappa shape index (κ3) is 0.798. The average Bonchev–Trinajstić information content (AvgIpc) is 2.27. The molecule has 1 N–H and O–H groups in total. The van der Waals surface area contributed by atoms with Crippen molar-refractivity contribution in [2.75, 3.05) is 0 Å². The summed E-state index contributed by atoms with van der Waals surface area (Å²) in [5.41, 5.74) is 2.12. The lowest BCUT2D eigenvalue weighted by Gasteiger charge is -1.99. The molecule has 0 spiro atoms. The third-order valence-electron chi connectivity index (χ3n) is 1.67. The maximum absolute atomic E-state index is 9.04. The molecule has 52 valence electrons. The van der Waals surface area contributed by atoms with Crippen molar-refractivity contribution in [3.8, 4) is 0 Å². The topological polar surface area (TPSA) is 36.4 Å². The maximum Gasteiger partial charge on any atom is 0.0668 e. The minimum absolute atomic E-state index is 0.566. The van der Waals surface area contributed by atoms with Gasteiger partial charge in [-0.25, -0.2) is 0 Å². The highest BCUT2D eigenvalue weighted by molar-refractivity contribution is 5.22. The molecular formula is C7H8N2O. The van der Waals surface area contributed by atoms with Gasteiger partial charge in [-0.15, -0.1) is 0 Å². The normalized spacial score (nSPS) is 17.3. The van der Waals surface area contributed by atoms with E-state index in [9.17, 15) is 0 Å². The second-order valence-electron chi connectivity index (χ2n) is 2.43. The van der Waals surface area contributed by atoms with E-state index in [0.29, 0.717) is 13.1 Å². The number of aromatic nitrogens is 1. The van der Waals surface area contributed by atoms with Crippen LogP contribution in [0.5, 0.6) is 0 Å². The molecule has 1 aliphatic rings. The molecule has 0 aliphatic carbocycles. The van der Waals surface area contributed by atoms with Crippen molar-refractivity contribution in [3.63, 3.8) is 0 Å². The molecule has 0 amide bonds. The predicted molar refractivity (Wildman–Crippen MR) is 35.3 cm³/mol. The van der Waals surface area contributed by atoms with E-state index >= 15 is 0 Å². The average molecular weight is 136 g/mol. The molecule has 2 heterocycles. The van der Waals surface area contributed by atoms with Gasteiger partial charge in [0.1, 0.15) is 0 Å². The van der Waals surface area contributed by atoms with Crippen LogP contribution < -0.4 is 0 Å². The summed E-state index contributed by atoms with van der Waals surface area (Å²) in [7, 11) is 0. The van der Waals surface area contributed by atoms with Crippen LogP contribution in [0.2, 0.25) is 0 Å². The van der Waals surface area contributed by atoms with Crippen LogP contribution in [-0.4, -0.2) is 15.3 Å². The number of hydrogen-bond donors (Lipinski definition) is 1. The lowest BCUT2D eigenvalue weighted by Crippen LogP contribution is -2.08. The lowest BCUT2D eigenvalue weighted by atomic mass is 10.2. The number of nitrogens with zero attached hydrogens (tertiary/aromatic N) is 2. The van der Waals surface area contributed by atoms with E-state index < -0.39 is 0 Å². The molecule has 2 rings (SSSR count). The Morgan fingerprint density at radius 3 is 3.20 bits per heavy atom. The third-order valence-corrected chi connectivity index (χ3v) is 1.67. The van der Waals surface area contributed by atoms with Gasteiger partial charge in [-0.1, -0.05) is 6.07 Å². The maximum atomic E-state index is 9.04. The van der Waals surface area contributed by atoms with Crippen LogP contribution in [0, 0.1) is 0 Å². The molecule has 0 saturated heterocycles. The van der Waals surface area contributed by atoms with E-state index in [-0.39, 0.29) is 0 Å². The van der Waals surface area contributed by atoms with E-state index in [0.717, 1.165) is 11.3 Å². The zero-order valence-electron chi connectivity index (χ0n) is 5.49. The summed E-state index contributed by atoms with van der Waals surface area (Å²) < 4.78 is 0. The Morgan fingerprint density at radius 1 is 1.50 bits per heavy atom. The molecule has 0 saturated carbocycles. The van der Waals surface area contributed by atoms with Crippen molar-refractivity contribution in [2.24, 2.45) is 0 Å². The summed E-state index contributed by atoms with van der Waals surface area (Å²) in [5.74, 6) is 0. The molecule has 0 bridgehead atoms. The van der Waals surface area contributed by atoms with E-state index in [4.69, 9.17) is 5.21 Å². The molecule has 0 atom stereocenters. The van der Waals surface area contributed by atoms with Gasteiger partial charge in [-0.05, 0) is 11.6 Å². The van der Waals surface area contributed by atoms with Gasteiger partial charge in [-0.2, -0.15) is 5.06 Å². The molecule has 3 heteroatoms. The fraction of sp³-hybridized carbons (Fsp3) is 0.286. The standard InChI is InChI=1S/C7H8N2O/c10-9-4-6-2-1-3-8-7(6)5-9/h1-3,10H,4-5H2. The lowest BCUT2D eigenvalue weighted by molar-refractivity contribution is -0.0973.